The van der Waals surface area contributed by atoms with Crippen LogP contribution in [0.5, 0.6) is 0 Å². The van der Waals surface area contributed by atoms with Crippen LogP contribution in [0.1, 0.15) is 31.1 Å². The number of hydrogen-bond donors (Lipinski definition) is 2. The van der Waals surface area contributed by atoms with E-state index in [1.807, 2.05) is 0 Å². The molecule has 0 aromatic heterocycles. The van der Waals surface area contributed by atoms with E-state index >= 15 is 0 Å². The fraction of sp³-hybridized carbons (Fsp3) is 0. The van der Waals surface area contributed by atoms with Crippen LogP contribution < -0.4 is 5.23 Å². The van der Waals surface area contributed by atoms with Crippen molar-refractivity contribution in [3.8, 4) is 0 Å². The second-order valence-electron chi connectivity index (χ2n) is 3.03. The topological polar surface area (TPSA) is 94.9 Å². The standard InChI is InChI=1S/C9H4Cl3NO5/c10-7(14)3-1-4(8(11)15)6(13(17)18)5(2-3)9(12)16/h1-2,17-18H. The lowest BCUT2D eigenvalue weighted by molar-refractivity contribution is 0.0281. The number of hydrogen-bond acceptors (Lipinski definition) is 6. The van der Waals surface area contributed by atoms with Gasteiger partial charge in [0.2, 0.25) is 0 Å². The molecule has 18 heavy (non-hydrogen) atoms. The van der Waals surface area contributed by atoms with Gasteiger partial charge in [-0.25, -0.2) is 0 Å². The first-order valence-corrected chi connectivity index (χ1v) is 5.34. The molecule has 1 rings (SSSR count). The molecule has 0 heterocycles. The molecule has 2 N–H and O–H groups in total. The van der Waals surface area contributed by atoms with Crippen LogP contribution in [-0.2, 0) is 0 Å². The highest BCUT2D eigenvalue weighted by molar-refractivity contribution is 6.71. The van der Waals surface area contributed by atoms with Gasteiger partial charge in [-0.05, 0) is 46.9 Å². The van der Waals surface area contributed by atoms with Crippen molar-refractivity contribution >= 4 is 56.2 Å². The van der Waals surface area contributed by atoms with Gasteiger partial charge in [-0.1, -0.05) is 0 Å². The zero-order valence-corrected chi connectivity index (χ0v) is 10.6. The Morgan fingerprint density at radius 2 is 1.28 bits per heavy atom. The van der Waals surface area contributed by atoms with Gasteiger partial charge in [0.05, 0.1) is 11.1 Å². The van der Waals surface area contributed by atoms with Gasteiger partial charge < -0.3 is 0 Å². The molecule has 0 unspecified atom stereocenters. The molecule has 0 bridgehead atoms. The Labute approximate surface area is 115 Å². The Hall–Kier alpha value is -1.18. The van der Waals surface area contributed by atoms with E-state index in [1.165, 1.54) is 0 Å². The largest absolute Gasteiger partial charge is 0.276 e. The molecular formula is C9H4Cl3NO5. The molecule has 0 atom stereocenters. The second-order valence-corrected chi connectivity index (χ2v) is 4.06. The highest BCUT2D eigenvalue weighted by atomic mass is 35.5. The van der Waals surface area contributed by atoms with E-state index < -0.39 is 37.8 Å². The zero-order valence-electron chi connectivity index (χ0n) is 8.35. The van der Waals surface area contributed by atoms with Gasteiger partial charge in [0.15, 0.2) is 0 Å². The molecule has 0 spiro atoms. The van der Waals surface area contributed by atoms with Crippen LogP contribution in [0.15, 0.2) is 12.1 Å². The summed E-state index contributed by atoms with van der Waals surface area (Å²) in [7, 11) is 0. The maximum absolute atomic E-state index is 11.1. The highest BCUT2D eigenvalue weighted by Crippen LogP contribution is 2.29. The number of benzene rings is 1. The normalized spacial score (nSPS) is 10.1. The minimum absolute atomic E-state index is 0.240. The Balaban J connectivity index is 3.71. The Bertz CT molecular complexity index is 508. The molecule has 96 valence electrons. The van der Waals surface area contributed by atoms with Crippen LogP contribution in [0.25, 0.3) is 0 Å². The molecular weight excluding hydrogens is 308 g/mol. The molecule has 0 aliphatic heterocycles. The fourth-order valence-electron chi connectivity index (χ4n) is 1.26. The van der Waals surface area contributed by atoms with E-state index in [1.54, 1.807) is 0 Å². The lowest BCUT2D eigenvalue weighted by Gasteiger charge is -2.15. The molecule has 0 fully saturated rings. The van der Waals surface area contributed by atoms with Crippen molar-refractivity contribution in [1.29, 1.82) is 0 Å². The molecule has 0 aliphatic carbocycles. The summed E-state index contributed by atoms with van der Waals surface area (Å²) in [6, 6.07) is 1.81. The van der Waals surface area contributed by atoms with Crippen LogP contribution in [0.2, 0.25) is 0 Å². The third-order valence-electron chi connectivity index (χ3n) is 1.96. The van der Waals surface area contributed by atoms with E-state index in [4.69, 9.17) is 45.2 Å². The van der Waals surface area contributed by atoms with Crippen LogP contribution in [0, 0.1) is 0 Å². The predicted molar refractivity (Wildman–Crippen MR) is 63.0 cm³/mol. The lowest BCUT2D eigenvalue weighted by atomic mass is 10.0. The van der Waals surface area contributed by atoms with Gasteiger partial charge in [0.25, 0.3) is 15.7 Å². The predicted octanol–water partition coefficient (Wildman–Crippen LogP) is 2.41. The highest BCUT2D eigenvalue weighted by Gasteiger charge is 2.24. The van der Waals surface area contributed by atoms with Gasteiger partial charge >= 0.3 is 0 Å². The minimum Gasteiger partial charge on any atom is -0.276 e. The number of nitrogens with zero attached hydrogens (tertiary/aromatic N) is 1. The van der Waals surface area contributed by atoms with Crippen LogP contribution in [0.4, 0.5) is 5.69 Å². The van der Waals surface area contributed by atoms with Crippen molar-refractivity contribution in [1.82, 2.24) is 0 Å². The SMILES string of the molecule is O=C(Cl)c1cc(C(=O)Cl)c(N(O)O)c(C(=O)Cl)c1. The molecule has 1 aromatic rings. The summed E-state index contributed by atoms with van der Waals surface area (Å²) in [6.07, 6.45) is 0. The number of anilines is 1. The molecule has 0 saturated carbocycles. The van der Waals surface area contributed by atoms with Gasteiger partial charge in [-0.15, -0.1) is 5.23 Å². The van der Waals surface area contributed by atoms with Crippen LogP contribution in [-0.4, -0.2) is 26.1 Å². The quantitative estimate of drug-likeness (QED) is 0.655. The third-order valence-corrected chi connectivity index (χ3v) is 2.59. The zero-order chi connectivity index (χ0) is 14.0. The van der Waals surface area contributed by atoms with E-state index in [0.717, 1.165) is 12.1 Å². The molecule has 1 aromatic carbocycles. The minimum atomic E-state index is -1.13. The summed E-state index contributed by atoms with van der Waals surface area (Å²) in [4.78, 5) is 33.3. The maximum atomic E-state index is 11.1. The molecule has 0 saturated heterocycles. The fourth-order valence-corrected chi connectivity index (χ4v) is 1.66. The number of carbonyl (C=O) groups excluding carboxylic acids is 3. The first-order chi connectivity index (χ1) is 8.25. The van der Waals surface area contributed by atoms with Crippen molar-refractivity contribution in [3.63, 3.8) is 0 Å². The summed E-state index contributed by atoms with van der Waals surface area (Å²) in [6.45, 7) is 0. The second kappa shape index (κ2) is 5.64. The summed E-state index contributed by atoms with van der Waals surface area (Å²) in [5.41, 5.74) is -1.89. The van der Waals surface area contributed by atoms with Crippen LogP contribution in [0.3, 0.4) is 0 Å². The monoisotopic (exact) mass is 311 g/mol. The molecule has 0 radical (unpaired) electrons. The Kier molecular flexibility index (Phi) is 4.66. The lowest BCUT2D eigenvalue weighted by Crippen LogP contribution is -2.18. The van der Waals surface area contributed by atoms with Crippen molar-refractivity contribution in [2.45, 2.75) is 0 Å². The summed E-state index contributed by atoms with van der Waals surface area (Å²) < 4.78 is 0. The summed E-state index contributed by atoms with van der Waals surface area (Å²) in [5.74, 6) is 0. The average molecular weight is 312 g/mol. The van der Waals surface area contributed by atoms with E-state index in [2.05, 4.69) is 0 Å². The van der Waals surface area contributed by atoms with Gasteiger partial charge in [-0.2, -0.15) is 0 Å². The summed E-state index contributed by atoms with van der Waals surface area (Å²) in [5, 5.41) is 14.2. The first kappa shape index (κ1) is 14.9. The first-order valence-electron chi connectivity index (χ1n) is 4.21. The van der Waals surface area contributed by atoms with Gasteiger partial charge in [-0.3, -0.25) is 24.8 Å². The molecule has 6 nitrogen and oxygen atoms in total. The van der Waals surface area contributed by atoms with Gasteiger partial charge in [0.1, 0.15) is 5.69 Å². The number of carbonyl (C=O) groups is 3. The van der Waals surface area contributed by atoms with Crippen molar-refractivity contribution in [3.05, 3.63) is 28.8 Å². The molecule has 0 amide bonds. The number of rotatable bonds is 4. The van der Waals surface area contributed by atoms with Crippen molar-refractivity contribution in [2.24, 2.45) is 0 Å². The third kappa shape index (κ3) is 2.98. The maximum Gasteiger partial charge on any atom is 0.254 e. The molecule has 9 heteroatoms. The Morgan fingerprint density at radius 3 is 1.50 bits per heavy atom. The van der Waals surface area contributed by atoms with Crippen molar-refractivity contribution < 1.29 is 24.8 Å². The van der Waals surface area contributed by atoms with Crippen molar-refractivity contribution in [2.75, 3.05) is 5.23 Å². The number of halogens is 3. The van der Waals surface area contributed by atoms with E-state index in [9.17, 15) is 14.4 Å². The van der Waals surface area contributed by atoms with Gasteiger partial charge in [0, 0.05) is 5.56 Å². The molecule has 0 aliphatic rings. The van der Waals surface area contributed by atoms with Crippen LogP contribution >= 0.6 is 34.8 Å². The van der Waals surface area contributed by atoms with E-state index in [-0.39, 0.29) is 5.56 Å². The Morgan fingerprint density at radius 1 is 0.889 bits per heavy atom. The average Bonchev–Trinajstić information content (AvgIpc) is 2.26. The summed E-state index contributed by atoms with van der Waals surface area (Å²) >= 11 is 15.6. The van der Waals surface area contributed by atoms with E-state index in [0.29, 0.717) is 0 Å². The smallest absolute Gasteiger partial charge is 0.254 e.